The number of non-ortho nitro benzene ring substituents is 1. The van der Waals surface area contributed by atoms with Crippen LogP contribution in [0.15, 0.2) is 103 Å². The molecule has 1 aliphatic heterocycles. The summed E-state index contributed by atoms with van der Waals surface area (Å²) in [5.74, 6) is -0.382. The van der Waals surface area contributed by atoms with Crippen molar-refractivity contribution < 1.29 is 24.0 Å². The number of rotatable bonds is 9. The summed E-state index contributed by atoms with van der Waals surface area (Å²) in [6, 6.07) is 31.0. The summed E-state index contributed by atoms with van der Waals surface area (Å²) < 4.78 is 10.4. The van der Waals surface area contributed by atoms with Crippen LogP contribution in [0.4, 0.5) is 11.4 Å². The van der Waals surface area contributed by atoms with Crippen molar-refractivity contribution in [1.29, 1.82) is 0 Å². The summed E-state index contributed by atoms with van der Waals surface area (Å²) in [6.45, 7) is 0.449. The Morgan fingerprint density at radius 1 is 0.850 bits per heavy atom. The first-order chi connectivity index (χ1) is 19.4. The van der Waals surface area contributed by atoms with E-state index in [2.05, 4.69) is 4.90 Å². The maximum absolute atomic E-state index is 14.1. The zero-order chi connectivity index (χ0) is 28.1. The van der Waals surface area contributed by atoms with Crippen molar-refractivity contribution in [2.75, 3.05) is 18.6 Å². The molecule has 0 unspecified atom stereocenters. The van der Waals surface area contributed by atoms with E-state index >= 15 is 0 Å². The summed E-state index contributed by atoms with van der Waals surface area (Å²) in [6.07, 6.45) is -0.580. The lowest BCUT2D eigenvalue weighted by molar-refractivity contribution is -0.384. The van der Waals surface area contributed by atoms with Gasteiger partial charge in [0.05, 0.1) is 23.3 Å². The Bertz CT molecular complexity index is 1530. The van der Waals surface area contributed by atoms with E-state index in [9.17, 15) is 19.7 Å². The first-order valence-corrected chi connectivity index (χ1v) is 12.7. The second-order valence-electron chi connectivity index (χ2n) is 9.30. The minimum atomic E-state index is -0.580. The van der Waals surface area contributed by atoms with Crippen LogP contribution in [0.2, 0.25) is 0 Å². The maximum atomic E-state index is 14.1. The number of ether oxygens (including phenoxy) is 2. The van der Waals surface area contributed by atoms with Crippen LogP contribution in [0.1, 0.15) is 33.2 Å². The zero-order valence-corrected chi connectivity index (χ0v) is 21.8. The van der Waals surface area contributed by atoms with Crippen molar-refractivity contribution in [3.05, 3.63) is 135 Å². The predicted molar refractivity (Wildman–Crippen MR) is 149 cm³/mol. The number of hydrogen-bond donors (Lipinski definition) is 0. The van der Waals surface area contributed by atoms with Crippen LogP contribution in [0.3, 0.4) is 0 Å². The number of anilines is 1. The van der Waals surface area contributed by atoms with E-state index in [-0.39, 0.29) is 30.3 Å². The normalized spacial score (nSPS) is 14.4. The lowest BCUT2D eigenvalue weighted by Crippen LogP contribution is -2.48. The molecule has 0 saturated heterocycles. The third-order valence-electron chi connectivity index (χ3n) is 6.71. The van der Waals surface area contributed by atoms with E-state index in [0.717, 1.165) is 16.7 Å². The molecule has 5 rings (SSSR count). The molecule has 0 aromatic heterocycles. The summed E-state index contributed by atoms with van der Waals surface area (Å²) in [7, 11) is 1.29. The third-order valence-corrected chi connectivity index (χ3v) is 6.71. The monoisotopic (exact) mass is 537 g/mol. The molecule has 9 heteroatoms. The molecule has 9 nitrogen and oxygen atoms in total. The zero-order valence-electron chi connectivity index (χ0n) is 21.8. The van der Waals surface area contributed by atoms with Gasteiger partial charge in [-0.1, -0.05) is 72.8 Å². The fourth-order valence-corrected chi connectivity index (χ4v) is 4.84. The largest absolute Gasteiger partial charge is 0.482 e. The topological polar surface area (TPSA) is 102 Å². The standard InChI is InChI=1S/C31H27N3O6/c1-39-29(35)21-40-26-14-8-13-24(17-26)30-32(19-22-9-4-2-5-10-22)28-16-15-25(34(37)38)18-27(28)31(36)33(30)20-23-11-6-3-7-12-23/h2-18,30H,19-21H2,1H3/t30-/m0/s1. The molecule has 4 aromatic carbocycles. The lowest BCUT2D eigenvalue weighted by atomic mass is 9.98. The van der Waals surface area contributed by atoms with Crippen molar-refractivity contribution in [1.82, 2.24) is 4.90 Å². The average molecular weight is 538 g/mol. The predicted octanol–water partition coefficient (Wildman–Crippen LogP) is 5.51. The Hall–Kier alpha value is -5.18. The van der Waals surface area contributed by atoms with Gasteiger partial charge in [-0.2, -0.15) is 0 Å². The highest BCUT2D eigenvalue weighted by molar-refractivity contribution is 6.02. The number of nitro benzene ring substituents is 1. The highest BCUT2D eigenvalue weighted by Crippen LogP contribution is 2.42. The Kier molecular flexibility index (Phi) is 7.72. The third kappa shape index (κ3) is 5.63. The van der Waals surface area contributed by atoms with Gasteiger partial charge in [0.1, 0.15) is 11.9 Å². The fraction of sp³-hybridized carbons (Fsp3) is 0.161. The molecule has 1 heterocycles. The van der Waals surface area contributed by atoms with Gasteiger partial charge in [0.25, 0.3) is 11.6 Å². The second kappa shape index (κ2) is 11.7. The van der Waals surface area contributed by atoms with E-state index in [4.69, 9.17) is 9.47 Å². The first-order valence-electron chi connectivity index (χ1n) is 12.7. The molecular formula is C31H27N3O6. The fourth-order valence-electron chi connectivity index (χ4n) is 4.84. The molecule has 1 aliphatic rings. The molecule has 0 saturated carbocycles. The van der Waals surface area contributed by atoms with Gasteiger partial charge in [-0.3, -0.25) is 14.9 Å². The minimum absolute atomic E-state index is 0.150. The molecule has 4 aromatic rings. The van der Waals surface area contributed by atoms with Crippen LogP contribution < -0.4 is 9.64 Å². The van der Waals surface area contributed by atoms with Crippen LogP contribution >= 0.6 is 0 Å². The number of methoxy groups -OCH3 is 1. The molecule has 1 atom stereocenters. The number of nitrogens with zero attached hydrogens (tertiary/aromatic N) is 3. The quantitative estimate of drug-likeness (QED) is 0.158. The number of carbonyl (C=O) groups is 2. The molecule has 0 spiro atoms. The van der Waals surface area contributed by atoms with Crippen LogP contribution in [-0.4, -0.2) is 35.4 Å². The summed E-state index contributed by atoms with van der Waals surface area (Å²) in [5.41, 5.74) is 3.37. The van der Waals surface area contributed by atoms with E-state index in [0.29, 0.717) is 18.0 Å². The summed E-state index contributed by atoms with van der Waals surface area (Å²) in [4.78, 5) is 40.7. The first kappa shape index (κ1) is 26.4. The van der Waals surface area contributed by atoms with Crippen molar-refractivity contribution >= 4 is 23.3 Å². The van der Waals surface area contributed by atoms with Gasteiger partial charge in [-0.15, -0.1) is 0 Å². The number of esters is 1. The van der Waals surface area contributed by atoms with Gasteiger partial charge >= 0.3 is 5.97 Å². The van der Waals surface area contributed by atoms with E-state index in [1.165, 1.54) is 19.2 Å². The Morgan fingerprint density at radius 2 is 1.50 bits per heavy atom. The summed E-state index contributed by atoms with van der Waals surface area (Å²) in [5, 5.41) is 11.6. The van der Waals surface area contributed by atoms with Gasteiger partial charge in [0.2, 0.25) is 0 Å². The smallest absolute Gasteiger partial charge is 0.343 e. The molecule has 0 radical (unpaired) electrons. The van der Waals surface area contributed by atoms with Crippen LogP contribution in [0.5, 0.6) is 5.75 Å². The molecular weight excluding hydrogens is 510 g/mol. The van der Waals surface area contributed by atoms with E-state index in [1.807, 2.05) is 66.7 Å². The maximum Gasteiger partial charge on any atom is 0.343 e. The van der Waals surface area contributed by atoms with Crippen LogP contribution in [-0.2, 0) is 22.6 Å². The Balaban J connectivity index is 1.65. The van der Waals surface area contributed by atoms with Gasteiger partial charge in [-0.05, 0) is 34.9 Å². The Labute approximate surface area is 231 Å². The molecule has 202 valence electrons. The highest BCUT2D eigenvalue weighted by atomic mass is 16.6. The van der Waals surface area contributed by atoms with E-state index in [1.54, 1.807) is 29.2 Å². The Morgan fingerprint density at radius 3 is 2.12 bits per heavy atom. The van der Waals surface area contributed by atoms with Gasteiger partial charge in [0, 0.05) is 25.2 Å². The lowest BCUT2D eigenvalue weighted by Gasteiger charge is -2.46. The SMILES string of the molecule is COC(=O)COc1cccc([C@@H]2N(Cc3ccccc3)C(=O)c3cc([N+](=O)[O-])ccc3N2Cc2ccccc2)c1. The van der Waals surface area contributed by atoms with Crippen molar-refractivity contribution in [3.63, 3.8) is 0 Å². The van der Waals surface area contributed by atoms with Gasteiger partial charge in [-0.25, -0.2) is 4.79 Å². The second-order valence-corrected chi connectivity index (χ2v) is 9.30. The number of fused-ring (bicyclic) bond motifs is 1. The number of benzene rings is 4. The molecule has 0 N–H and O–H groups in total. The van der Waals surface area contributed by atoms with Crippen LogP contribution in [0.25, 0.3) is 0 Å². The van der Waals surface area contributed by atoms with Gasteiger partial charge < -0.3 is 19.3 Å². The van der Waals surface area contributed by atoms with E-state index < -0.39 is 17.1 Å². The highest BCUT2D eigenvalue weighted by Gasteiger charge is 2.39. The van der Waals surface area contributed by atoms with Crippen molar-refractivity contribution in [2.45, 2.75) is 19.3 Å². The number of nitro groups is 1. The average Bonchev–Trinajstić information content (AvgIpc) is 2.99. The molecule has 0 aliphatic carbocycles. The minimum Gasteiger partial charge on any atom is -0.482 e. The number of hydrogen-bond acceptors (Lipinski definition) is 7. The van der Waals surface area contributed by atoms with Gasteiger partial charge in [0.15, 0.2) is 6.61 Å². The summed E-state index contributed by atoms with van der Waals surface area (Å²) >= 11 is 0. The molecule has 0 fully saturated rings. The number of amides is 1. The molecule has 0 bridgehead atoms. The van der Waals surface area contributed by atoms with Crippen LogP contribution in [0, 0.1) is 10.1 Å². The van der Waals surface area contributed by atoms with Crippen molar-refractivity contribution in [3.8, 4) is 5.75 Å². The molecule has 40 heavy (non-hydrogen) atoms. The molecule has 1 amide bonds. The van der Waals surface area contributed by atoms with Crippen molar-refractivity contribution in [2.24, 2.45) is 0 Å². The number of carbonyl (C=O) groups excluding carboxylic acids is 2.